The Morgan fingerprint density at radius 1 is 0.522 bits per heavy atom. The average Bonchev–Trinajstić information content (AvgIpc) is 3.11. The fourth-order valence-electron chi connectivity index (χ4n) is 8.14. The molecule has 0 radical (unpaired) electrons. The third kappa shape index (κ3) is 3.77. The Balaban J connectivity index is 1.24. The van der Waals surface area contributed by atoms with Crippen LogP contribution in [0.25, 0.3) is 60.6 Å². The van der Waals surface area contributed by atoms with Crippen molar-refractivity contribution in [3.05, 3.63) is 162 Å². The summed E-state index contributed by atoms with van der Waals surface area (Å²) in [4.78, 5) is 10.0. The third-order valence-electron chi connectivity index (χ3n) is 11.1. The largest absolute Gasteiger partial charge is 0.256 e. The summed E-state index contributed by atoms with van der Waals surface area (Å²) in [5.74, 6) is 0. The normalized spacial score (nSPS) is 17.8. The van der Waals surface area contributed by atoms with Gasteiger partial charge in [-0.2, -0.15) is 0 Å². The van der Waals surface area contributed by atoms with Crippen LogP contribution in [0.3, 0.4) is 0 Å². The van der Waals surface area contributed by atoms with Gasteiger partial charge in [-0.3, -0.25) is 9.97 Å². The molecular formula is C44H34N2. The van der Waals surface area contributed by atoms with Crippen LogP contribution >= 0.6 is 0 Å². The number of hydrogen-bond donors (Lipinski definition) is 0. The Morgan fingerprint density at radius 3 is 1.76 bits per heavy atom. The summed E-state index contributed by atoms with van der Waals surface area (Å²) in [5.41, 5.74) is 13.1. The Kier molecular flexibility index (Phi) is 5.77. The van der Waals surface area contributed by atoms with Crippen LogP contribution in [0.5, 0.6) is 0 Å². The van der Waals surface area contributed by atoms with Crippen molar-refractivity contribution in [2.45, 2.75) is 38.0 Å². The zero-order valence-electron chi connectivity index (χ0n) is 26.4. The molecule has 0 amide bonds. The van der Waals surface area contributed by atoms with Crippen LogP contribution < -0.4 is 0 Å². The first-order valence-electron chi connectivity index (χ1n) is 16.2. The number of nitrogens with zero attached hydrogens (tertiary/aromatic N) is 2. The molecule has 2 heteroatoms. The topological polar surface area (TPSA) is 25.8 Å². The molecule has 7 aromatic rings. The van der Waals surface area contributed by atoms with Gasteiger partial charge in [-0.05, 0) is 67.9 Å². The lowest BCUT2D eigenvalue weighted by molar-refractivity contribution is 0.277. The Bertz CT molecular complexity index is 2330. The standard InChI is InChI=1S/C44H34N2/c1-43(2)37-21-20-33(38-22-16-31(26-45-38)28-10-6-4-7-11-28)35-18-14-30-15-19-36-34(24-25-44(43,3)42(36)40(30)41(35)37)39-23-17-32(27-46-39)29-12-8-5-9-13-29/h4-24,26-27H,25H2,1-3H3. The third-order valence-corrected chi connectivity index (χ3v) is 11.1. The van der Waals surface area contributed by atoms with Gasteiger partial charge in [-0.1, -0.05) is 136 Å². The van der Waals surface area contributed by atoms with E-state index in [0.717, 1.165) is 28.9 Å². The average molecular weight is 591 g/mol. The summed E-state index contributed by atoms with van der Waals surface area (Å²) in [6.45, 7) is 7.36. The van der Waals surface area contributed by atoms with Crippen molar-refractivity contribution in [3.8, 4) is 33.5 Å². The van der Waals surface area contributed by atoms with E-state index in [2.05, 4.69) is 148 Å². The SMILES string of the molecule is CC1(C)c2ccc(-c3ccc(-c4ccccc4)cn3)c3ccc4ccc5c(c4c23)C1(C)CC=C5c1ccc(-c2ccccc2)cn1. The van der Waals surface area contributed by atoms with Crippen molar-refractivity contribution in [2.24, 2.45) is 0 Å². The van der Waals surface area contributed by atoms with Crippen LogP contribution in [0.1, 0.15) is 49.6 Å². The number of rotatable bonds is 4. The lowest BCUT2D eigenvalue weighted by atomic mass is 9.51. The van der Waals surface area contributed by atoms with E-state index >= 15 is 0 Å². The minimum absolute atomic E-state index is 0.0618. The van der Waals surface area contributed by atoms with Gasteiger partial charge in [0.15, 0.2) is 0 Å². The maximum atomic E-state index is 5.03. The van der Waals surface area contributed by atoms with Crippen molar-refractivity contribution in [2.75, 3.05) is 0 Å². The predicted octanol–water partition coefficient (Wildman–Crippen LogP) is 11.2. The first kappa shape index (κ1) is 27.0. The molecule has 0 saturated heterocycles. The molecule has 2 aliphatic carbocycles. The molecule has 220 valence electrons. The highest BCUT2D eigenvalue weighted by Crippen LogP contribution is 2.59. The molecule has 2 aromatic heterocycles. The molecule has 2 aliphatic rings. The minimum Gasteiger partial charge on any atom is -0.256 e. The number of allylic oxidation sites excluding steroid dienone is 1. The summed E-state index contributed by atoms with van der Waals surface area (Å²) in [6, 6.07) is 43.7. The molecular weight excluding hydrogens is 556 g/mol. The van der Waals surface area contributed by atoms with Gasteiger partial charge in [-0.15, -0.1) is 0 Å². The molecule has 0 spiro atoms. The number of pyridine rings is 2. The maximum absolute atomic E-state index is 5.03. The molecule has 0 fully saturated rings. The van der Waals surface area contributed by atoms with Crippen LogP contribution in [-0.4, -0.2) is 9.97 Å². The lowest BCUT2D eigenvalue weighted by Gasteiger charge is -2.51. The summed E-state index contributed by atoms with van der Waals surface area (Å²) >= 11 is 0. The molecule has 2 nitrogen and oxygen atoms in total. The molecule has 9 rings (SSSR count). The van der Waals surface area contributed by atoms with Crippen molar-refractivity contribution >= 4 is 27.1 Å². The Morgan fingerprint density at radius 2 is 1.13 bits per heavy atom. The summed E-state index contributed by atoms with van der Waals surface area (Å²) in [7, 11) is 0. The quantitative estimate of drug-likeness (QED) is 0.191. The minimum atomic E-state index is -0.0849. The predicted molar refractivity (Wildman–Crippen MR) is 192 cm³/mol. The van der Waals surface area contributed by atoms with Gasteiger partial charge in [0, 0.05) is 45.5 Å². The first-order valence-corrected chi connectivity index (χ1v) is 16.2. The number of benzene rings is 5. The van der Waals surface area contributed by atoms with Gasteiger partial charge in [0.2, 0.25) is 0 Å². The van der Waals surface area contributed by atoms with Crippen molar-refractivity contribution < 1.29 is 0 Å². The van der Waals surface area contributed by atoms with Gasteiger partial charge in [0.05, 0.1) is 11.4 Å². The van der Waals surface area contributed by atoms with E-state index in [4.69, 9.17) is 9.97 Å². The fraction of sp³-hybridized carbons (Fsp3) is 0.136. The highest BCUT2D eigenvalue weighted by molar-refractivity contribution is 6.18. The number of aromatic nitrogens is 2. The van der Waals surface area contributed by atoms with Gasteiger partial charge in [0.25, 0.3) is 0 Å². The van der Waals surface area contributed by atoms with Crippen molar-refractivity contribution in [3.63, 3.8) is 0 Å². The second kappa shape index (κ2) is 9.83. The summed E-state index contributed by atoms with van der Waals surface area (Å²) in [5, 5.41) is 5.33. The zero-order valence-corrected chi connectivity index (χ0v) is 26.4. The van der Waals surface area contributed by atoms with E-state index in [1.165, 1.54) is 60.5 Å². The molecule has 1 unspecified atom stereocenters. The Hall–Kier alpha value is -5.34. The molecule has 0 N–H and O–H groups in total. The van der Waals surface area contributed by atoms with E-state index in [9.17, 15) is 0 Å². The summed E-state index contributed by atoms with van der Waals surface area (Å²) in [6.07, 6.45) is 7.43. The van der Waals surface area contributed by atoms with E-state index in [1.807, 2.05) is 12.4 Å². The summed E-state index contributed by atoms with van der Waals surface area (Å²) < 4.78 is 0. The van der Waals surface area contributed by atoms with E-state index in [0.29, 0.717) is 0 Å². The van der Waals surface area contributed by atoms with Crippen molar-refractivity contribution in [1.82, 2.24) is 9.97 Å². The zero-order chi connectivity index (χ0) is 31.0. The van der Waals surface area contributed by atoms with E-state index in [-0.39, 0.29) is 10.8 Å². The van der Waals surface area contributed by atoms with Crippen LogP contribution in [0.2, 0.25) is 0 Å². The monoisotopic (exact) mass is 590 g/mol. The molecule has 1 atom stereocenters. The molecule has 0 saturated carbocycles. The smallest absolute Gasteiger partial charge is 0.0708 e. The highest BCUT2D eigenvalue weighted by atomic mass is 14.7. The molecule has 46 heavy (non-hydrogen) atoms. The van der Waals surface area contributed by atoms with Gasteiger partial charge < -0.3 is 0 Å². The molecule has 0 bridgehead atoms. The van der Waals surface area contributed by atoms with Gasteiger partial charge in [0.1, 0.15) is 0 Å². The second-order valence-corrected chi connectivity index (χ2v) is 13.6. The Labute approximate surface area is 270 Å². The molecule has 0 aliphatic heterocycles. The molecule has 2 heterocycles. The van der Waals surface area contributed by atoms with Crippen LogP contribution in [-0.2, 0) is 10.8 Å². The molecule has 5 aromatic carbocycles. The van der Waals surface area contributed by atoms with Crippen molar-refractivity contribution in [1.29, 1.82) is 0 Å². The second-order valence-electron chi connectivity index (χ2n) is 13.6. The fourth-order valence-corrected chi connectivity index (χ4v) is 8.14. The number of hydrogen-bond acceptors (Lipinski definition) is 2. The lowest BCUT2D eigenvalue weighted by Crippen LogP contribution is -2.46. The van der Waals surface area contributed by atoms with Gasteiger partial charge >= 0.3 is 0 Å². The maximum Gasteiger partial charge on any atom is 0.0708 e. The van der Waals surface area contributed by atoms with E-state index in [1.54, 1.807) is 0 Å². The highest BCUT2D eigenvalue weighted by Gasteiger charge is 2.50. The van der Waals surface area contributed by atoms with Gasteiger partial charge in [-0.25, -0.2) is 0 Å². The van der Waals surface area contributed by atoms with Crippen LogP contribution in [0.15, 0.2) is 140 Å². The van der Waals surface area contributed by atoms with Crippen LogP contribution in [0.4, 0.5) is 0 Å². The first-order chi connectivity index (χ1) is 22.4. The van der Waals surface area contributed by atoms with Crippen LogP contribution in [0, 0.1) is 0 Å². The van der Waals surface area contributed by atoms with E-state index < -0.39 is 0 Å².